The molecule has 0 aromatic heterocycles. The van der Waals surface area contributed by atoms with Gasteiger partial charge in [-0.25, -0.2) is 0 Å². The standard InChI is InChI=1S/C21H29F5N2O2S/c1-12-16-15(21(16,5)6)11-28(12)19(30)17(20(2,3)4)27-18(29)13-8-7-9-14(10-13)31(22,23,24,25)26/h7-10,12,15-17H,11H2,1-6H3,(H,27,29)/t12-,15+,16-,17-/m1/s1. The predicted molar refractivity (Wildman–Crippen MR) is 110 cm³/mol. The lowest BCUT2D eigenvalue weighted by atomic mass is 9.85. The Balaban J connectivity index is 1.83. The molecule has 0 radical (unpaired) electrons. The van der Waals surface area contributed by atoms with Crippen LogP contribution < -0.4 is 5.32 Å². The van der Waals surface area contributed by atoms with Crippen molar-refractivity contribution in [3.05, 3.63) is 29.8 Å². The van der Waals surface area contributed by atoms with Gasteiger partial charge < -0.3 is 10.2 Å². The van der Waals surface area contributed by atoms with E-state index in [2.05, 4.69) is 19.2 Å². The minimum atomic E-state index is -9.93. The number of amides is 2. The van der Waals surface area contributed by atoms with E-state index in [-0.39, 0.29) is 29.5 Å². The summed E-state index contributed by atoms with van der Waals surface area (Å²) in [6.07, 6.45) is 0. The number of carbonyl (C=O) groups is 2. The number of nitrogens with one attached hydrogen (secondary N) is 1. The van der Waals surface area contributed by atoms with Gasteiger partial charge in [0.05, 0.1) is 0 Å². The topological polar surface area (TPSA) is 49.4 Å². The number of piperidine rings is 1. The number of likely N-dealkylation sites (tertiary alicyclic amines) is 1. The molecule has 10 heteroatoms. The zero-order valence-electron chi connectivity index (χ0n) is 18.4. The summed E-state index contributed by atoms with van der Waals surface area (Å²) < 4.78 is 65.6. The summed E-state index contributed by atoms with van der Waals surface area (Å²) in [4.78, 5) is 25.6. The molecule has 31 heavy (non-hydrogen) atoms. The molecule has 4 atom stereocenters. The molecule has 2 amide bonds. The number of carbonyl (C=O) groups excluding carboxylic acids is 2. The first kappa shape index (κ1) is 23.8. The van der Waals surface area contributed by atoms with Crippen LogP contribution in [-0.2, 0) is 4.79 Å². The molecule has 1 aliphatic heterocycles. The van der Waals surface area contributed by atoms with Crippen molar-refractivity contribution in [3.63, 3.8) is 0 Å². The summed E-state index contributed by atoms with van der Waals surface area (Å²) in [5.74, 6) is -0.589. The number of fused-ring (bicyclic) bond motifs is 1. The van der Waals surface area contributed by atoms with Gasteiger partial charge in [-0.1, -0.05) is 60.1 Å². The Morgan fingerprint density at radius 1 is 1.16 bits per heavy atom. The van der Waals surface area contributed by atoms with Crippen LogP contribution in [0.15, 0.2) is 29.2 Å². The average Bonchev–Trinajstić information content (AvgIpc) is 2.92. The Hall–Kier alpha value is -1.84. The third kappa shape index (κ3) is 4.40. The maximum atomic E-state index is 13.3. The first-order chi connectivity index (χ1) is 13.6. The van der Waals surface area contributed by atoms with Gasteiger partial charge in [0, 0.05) is 18.2 Å². The van der Waals surface area contributed by atoms with Crippen LogP contribution in [0.25, 0.3) is 0 Å². The molecule has 1 aromatic carbocycles. The molecule has 0 spiro atoms. The molecule has 1 aliphatic carbocycles. The van der Waals surface area contributed by atoms with Crippen LogP contribution in [0.5, 0.6) is 0 Å². The average molecular weight is 469 g/mol. The Bertz CT molecular complexity index is 940. The lowest BCUT2D eigenvalue weighted by molar-refractivity contribution is -0.137. The van der Waals surface area contributed by atoms with Crippen LogP contribution in [0.1, 0.15) is 51.9 Å². The Kier molecular flexibility index (Phi) is 4.72. The number of hydrogen-bond donors (Lipinski definition) is 1. The zero-order valence-corrected chi connectivity index (χ0v) is 19.2. The molecule has 1 saturated heterocycles. The highest BCUT2D eigenvalue weighted by Crippen LogP contribution is 3.02. The highest BCUT2D eigenvalue weighted by atomic mass is 32.5. The molecule has 4 nitrogen and oxygen atoms in total. The summed E-state index contributed by atoms with van der Waals surface area (Å²) in [5.41, 5.74) is -1.17. The molecule has 0 bridgehead atoms. The minimum Gasteiger partial charge on any atom is -0.340 e. The lowest BCUT2D eigenvalue weighted by Crippen LogP contribution is -2.56. The van der Waals surface area contributed by atoms with Gasteiger partial charge in [0.1, 0.15) is 10.9 Å². The maximum absolute atomic E-state index is 13.3. The Labute approximate surface area is 179 Å². The van der Waals surface area contributed by atoms with E-state index in [1.807, 2.05) is 6.92 Å². The first-order valence-electron chi connectivity index (χ1n) is 10.1. The van der Waals surface area contributed by atoms with Crippen LogP contribution in [-0.4, -0.2) is 35.3 Å². The molecular formula is C21H29F5N2O2S. The van der Waals surface area contributed by atoms with E-state index in [0.717, 1.165) is 12.1 Å². The predicted octanol–water partition coefficient (Wildman–Crippen LogP) is 5.99. The highest BCUT2D eigenvalue weighted by molar-refractivity contribution is 8.45. The highest BCUT2D eigenvalue weighted by Gasteiger charge is 2.67. The number of rotatable bonds is 4. The van der Waals surface area contributed by atoms with Gasteiger partial charge in [-0.2, -0.15) is 0 Å². The molecule has 2 aliphatic rings. The van der Waals surface area contributed by atoms with Crippen molar-refractivity contribution < 1.29 is 29.0 Å². The summed E-state index contributed by atoms with van der Waals surface area (Å²) in [7, 11) is -9.93. The van der Waals surface area contributed by atoms with Crippen molar-refractivity contribution in [1.82, 2.24) is 10.2 Å². The quantitative estimate of drug-likeness (QED) is 0.552. The molecule has 2 fully saturated rings. The second-order valence-corrected chi connectivity index (χ2v) is 12.9. The van der Waals surface area contributed by atoms with Gasteiger partial charge >= 0.3 is 10.2 Å². The Morgan fingerprint density at radius 3 is 2.19 bits per heavy atom. The van der Waals surface area contributed by atoms with E-state index >= 15 is 0 Å². The molecule has 1 saturated carbocycles. The van der Waals surface area contributed by atoms with E-state index in [9.17, 15) is 29.0 Å². The van der Waals surface area contributed by atoms with Gasteiger partial charge in [-0.3, -0.25) is 9.59 Å². The summed E-state index contributed by atoms with van der Waals surface area (Å²) >= 11 is 0. The van der Waals surface area contributed by atoms with Crippen LogP contribution >= 0.6 is 10.2 Å². The molecule has 1 aromatic rings. The van der Waals surface area contributed by atoms with Gasteiger partial charge in [-0.05, 0) is 47.8 Å². The third-order valence-electron chi connectivity index (χ3n) is 6.76. The van der Waals surface area contributed by atoms with Crippen LogP contribution in [0.4, 0.5) is 19.4 Å². The van der Waals surface area contributed by atoms with E-state index in [0.29, 0.717) is 18.4 Å². The van der Waals surface area contributed by atoms with Crippen molar-refractivity contribution in [1.29, 1.82) is 0 Å². The van der Waals surface area contributed by atoms with Crippen molar-refractivity contribution in [2.75, 3.05) is 6.54 Å². The van der Waals surface area contributed by atoms with E-state index in [4.69, 9.17) is 0 Å². The van der Waals surface area contributed by atoms with E-state index < -0.39 is 38.0 Å². The fraction of sp³-hybridized carbons (Fsp3) is 0.619. The van der Waals surface area contributed by atoms with Crippen molar-refractivity contribution >= 4 is 22.0 Å². The molecule has 1 N–H and O–H groups in total. The van der Waals surface area contributed by atoms with E-state index in [1.54, 1.807) is 25.7 Å². The monoisotopic (exact) mass is 468 g/mol. The molecule has 3 rings (SSSR count). The first-order valence-corrected chi connectivity index (χ1v) is 12.1. The SMILES string of the molecule is C[C@@H]1[C@@H]2[C@H](CN1C(=O)[C@@H](NC(=O)c1cccc(S(F)(F)(F)(F)F)c1)C(C)(C)C)C2(C)C. The van der Waals surface area contributed by atoms with Crippen LogP contribution in [0, 0.1) is 22.7 Å². The molecule has 1 heterocycles. The Morgan fingerprint density at radius 2 is 1.74 bits per heavy atom. The van der Waals surface area contributed by atoms with Crippen molar-refractivity contribution in [2.45, 2.75) is 58.5 Å². The number of nitrogens with zero attached hydrogens (tertiary/aromatic N) is 1. The van der Waals surface area contributed by atoms with Gasteiger partial charge in [0.2, 0.25) is 5.91 Å². The van der Waals surface area contributed by atoms with E-state index in [1.165, 1.54) is 0 Å². The fourth-order valence-corrected chi connectivity index (χ4v) is 5.55. The van der Waals surface area contributed by atoms with Crippen molar-refractivity contribution in [2.24, 2.45) is 22.7 Å². The molecule has 176 valence electrons. The number of benzene rings is 1. The van der Waals surface area contributed by atoms with Gasteiger partial charge in [0.15, 0.2) is 0 Å². The zero-order chi connectivity index (χ0) is 23.8. The summed E-state index contributed by atoms with van der Waals surface area (Å²) in [6.45, 7) is 12.0. The summed E-state index contributed by atoms with van der Waals surface area (Å²) in [5, 5.41) is 2.50. The second-order valence-electron chi connectivity index (χ2n) is 10.5. The lowest BCUT2D eigenvalue weighted by Gasteiger charge is -2.40. The van der Waals surface area contributed by atoms with Gasteiger partial charge in [-0.15, -0.1) is 0 Å². The van der Waals surface area contributed by atoms with Crippen LogP contribution in [0.3, 0.4) is 0 Å². The molecular weight excluding hydrogens is 439 g/mol. The normalized spacial score (nSPS) is 28.2. The maximum Gasteiger partial charge on any atom is 0.310 e. The van der Waals surface area contributed by atoms with Gasteiger partial charge in [0.25, 0.3) is 5.91 Å². The van der Waals surface area contributed by atoms with Crippen LogP contribution in [0.2, 0.25) is 0 Å². The second kappa shape index (κ2) is 6.14. The third-order valence-corrected chi connectivity index (χ3v) is 7.90. The minimum absolute atomic E-state index is 0.0225. The largest absolute Gasteiger partial charge is 0.340 e. The molecule has 0 unspecified atom stereocenters. The smallest absolute Gasteiger partial charge is 0.310 e. The fourth-order valence-electron chi connectivity index (χ4n) is 4.86. The number of hydrogen-bond acceptors (Lipinski definition) is 2. The number of halogens is 5. The summed E-state index contributed by atoms with van der Waals surface area (Å²) in [6, 6.07) is 1.11. The van der Waals surface area contributed by atoms with Crippen molar-refractivity contribution in [3.8, 4) is 0 Å².